The van der Waals surface area contributed by atoms with E-state index in [2.05, 4.69) is 4.98 Å². The SMILES string of the molecule is O=C1/C(=C\c2ccccn2)CN(S(=O)(=O)c2ccccc2)CC1c1ccc(O)cc1. The summed E-state index contributed by atoms with van der Waals surface area (Å²) >= 11 is 0. The average Bonchev–Trinajstić information content (AvgIpc) is 2.77. The molecule has 1 N–H and O–H groups in total. The topological polar surface area (TPSA) is 87.6 Å². The van der Waals surface area contributed by atoms with E-state index < -0.39 is 15.9 Å². The summed E-state index contributed by atoms with van der Waals surface area (Å²) in [7, 11) is -3.79. The van der Waals surface area contributed by atoms with Crippen molar-refractivity contribution in [2.45, 2.75) is 10.8 Å². The standard InChI is InChI=1S/C23H20N2O4S/c26-20-11-9-17(10-12-20)22-16-25(30(28,29)21-7-2-1-3-8-21)15-18(23(22)27)14-19-6-4-5-13-24-19/h1-14,22,26H,15-16H2/b18-14-. The van der Waals surface area contributed by atoms with Crippen LogP contribution in [0.3, 0.4) is 0 Å². The summed E-state index contributed by atoms with van der Waals surface area (Å²) in [5, 5.41) is 9.59. The van der Waals surface area contributed by atoms with Crippen molar-refractivity contribution in [1.82, 2.24) is 9.29 Å². The molecule has 1 aliphatic heterocycles. The average molecular weight is 420 g/mol. The number of phenols is 1. The van der Waals surface area contributed by atoms with Gasteiger partial charge in [0.15, 0.2) is 5.78 Å². The molecular formula is C23H20N2O4S. The number of sulfonamides is 1. The lowest BCUT2D eigenvalue weighted by Gasteiger charge is -2.33. The Balaban J connectivity index is 1.77. The molecule has 0 amide bonds. The molecule has 3 aromatic rings. The van der Waals surface area contributed by atoms with E-state index in [1.807, 2.05) is 6.07 Å². The van der Waals surface area contributed by atoms with E-state index in [1.165, 1.54) is 16.4 Å². The lowest BCUT2D eigenvalue weighted by Crippen LogP contribution is -2.44. The third-order valence-corrected chi connectivity index (χ3v) is 6.88. The first kappa shape index (κ1) is 20.0. The van der Waals surface area contributed by atoms with Gasteiger partial charge in [-0.05, 0) is 48.0 Å². The number of benzene rings is 2. The third-order valence-electron chi connectivity index (χ3n) is 5.05. The molecule has 1 unspecified atom stereocenters. The van der Waals surface area contributed by atoms with Crippen molar-refractivity contribution in [3.05, 3.63) is 95.8 Å². The Bertz CT molecular complexity index is 1170. The predicted molar refractivity (Wildman–Crippen MR) is 113 cm³/mol. The number of pyridine rings is 1. The maximum atomic E-state index is 13.3. The van der Waals surface area contributed by atoms with Crippen LogP contribution in [0.5, 0.6) is 5.75 Å². The van der Waals surface area contributed by atoms with Crippen molar-refractivity contribution in [2.75, 3.05) is 13.1 Å². The van der Waals surface area contributed by atoms with Gasteiger partial charge in [0.25, 0.3) is 0 Å². The zero-order valence-corrected chi connectivity index (χ0v) is 16.9. The number of hydrogen-bond donors (Lipinski definition) is 1. The highest BCUT2D eigenvalue weighted by Gasteiger charge is 2.38. The number of carbonyl (C=O) groups excluding carboxylic acids is 1. The quantitative estimate of drug-likeness (QED) is 0.655. The zero-order chi connectivity index (χ0) is 21.1. The van der Waals surface area contributed by atoms with E-state index in [0.29, 0.717) is 16.8 Å². The van der Waals surface area contributed by atoms with Gasteiger partial charge in [-0.2, -0.15) is 4.31 Å². The van der Waals surface area contributed by atoms with E-state index in [4.69, 9.17) is 0 Å². The monoisotopic (exact) mass is 420 g/mol. The first-order valence-electron chi connectivity index (χ1n) is 9.45. The van der Waals surface area contributed by atoms with Gasteiger partial charge in [-0.25, -0.2) is 8.42 Å². The van der Waals surface area contributed by atoms with Crippen molar-refractivity contribution >= 4 is 21.9 Å². The summed E-state index contributed by atoms with van der Waals surface area (Å²) in [6.07, 6.45) is 3.26. The van der Waals surface area contributed by atoms with Crippen LogP contribution in [0.2, 0.25) is 0 Å². The molecule has 1 fully saturated rings. The molecule has 0 bridgehead atoms. The number of aromatic hydroxyl groups is 1. The van der Waals surface area contributed by atoms with Crippen molar-refractivity contribution in [1.29, 1.82) is 0 Å². The number of hydrogen-bond acceptors (Lipinski definition) is 5. The molecule has 1 saturated heterocycles. The van der Waals surface area contributed by atoms with Gasteiger partial charge in [-0.15, -0.1) is 0 Å². The van der Waals surface area contributed by atoms with Gasteiger partial charge in [-0.1, -0.05) is 36.4 Å². The molecule has 2 heterocycles. The van der Waals surface area contributed by atoms with Crippen LogP contribution in [0.15, 0.2) is 89.5 Å². The number of nitrogens with zero attached hydrogens (tertiary/aromatic N) is 2. The Morgan fingerprint density at radius 3 is 2.33 bits per heavy atom. The molecule has 30 heavy (non-hydrogen) atoms. The van der Waals surface area contributed by atoms with Crippen LogP contribution in [0.25, 0.3) is 6.08 Å². The maximum Gasteiger partial charge on any atom is 0.243 e. The summed E-state index contributed by atoms with van der Waals surface area (Å²) in [5.41, 5.74) is 1.61. The third kappa shape index (κ3) is 4.03. The number of aromatic nitrogens is 1. The van der Waals surface area contributed by atoms with Crippen LogP contribution in [0.4, 0.5) is 0 Å². The van der Waals surface area contributed by atoms with Gasteiger partial charge in [0.1, 0.15) is 5.75 Å². The largest absolute Gasteiger partial charge is 0.508 e. The highest BCUT2D eigenvalue weighted by molar-refractivity contribution is 7.89. The minimum absolute atomic E-state index is 0.0266. The lowest BCUT2D eigenvalue weighted by molar-refractivity contribution is -0.118. The van der Waals surface area contributed by atoms with Gasteiger partial charge in [0.05, 0.1) is 16.5 Å². The molecule has 2 aromatic carbocycles. The number of phenolic OH excluding ortho intramolecular Hbond substituents is 1. The Kier molecular flexibility index (Phi) is 5.48. The lowest BCUT2D eigenvalue weighted by atomic mass is 9.87. The minimum atomic E-state index is -3.79. The molecule has 0 saturated carbocycles. The maximum absolute atomic E-state index is 13.3. The Hall–Kier alpha value is -3.29. The summed E-state index contributed by atoms with van der Waals surface area (Å²) < 4.78 is 27.8. The van der Waals surface area contributed by atoms with Crippen LogP contribution < -0.4 is 0 Å². The van der Waals surface area contributed by atoms with Crippen molar-refractivity contribution in [3.8, 4) is 5.75 Å². The fourth-order valence-electron chi connectivity index (χ4n) is 3.49. The van der Waals surface area contributed by atoms with Gasteiger partial charge >= 0.3 is 0 Å². The zero-order valence-electron chi connectivity index (χ0n) is 16.0. The van der Waals surface area contributed by atoms with E-state index in [1.54, 1.807) is 66.9 Å². The van der Waals surface area contributed by atoms with Crippen molar-refractivity contribution < 1.29 is 18.3 Å². The van der Waals surface area contributed by atoms with Crippen LogP contribution in [0, 0.1) is 0 Å². The Morgan fingerprint density at radius 1 is 0.967 bits per heavy atom. The number of rotatable bonds is 4. The van der Waals surface area contributed by atoms with Gasteiger partial charge in [0, 0.05) is 24.9 Å². The van der Waals surface area contributed by atoms with E-state index >= 15 is 0 Å². The van der Waals surface area contributed by atoms with Crippen LogP contribution >= 0.6 is 0 Å². The molecular weight excluding hydrogens is 400 g/mol. The van der Waals surface area contributed by atoms with Crippen molar-refractivity contribution in [2.24, 2.45) is 0 Å². The fourth-order valence-corrected chi connectivity index (χ4v) is 4.94. The molecule has 0 spiro atoms. The first-order valence-corrected chi connectivity index (χ1v) is 10.9. The highest BCUT2D eigenvalue weighted by Crippen LogP contribution is 2.32. The molecule has 0 radical (unpaired) electrons. The van der Waals surface area contributed by atoms with E-state index in [9.17, 15) is 18.3 Å². The van der Waals surface area contributed by atoms with Gasteiger partial charge < -0.3 is 5.11 Å². The molecule has 1 atom stereocenters. The van der Waals surface area contributed by atoms with Crippen molar-refractivity contribution in [3.63, 3.8) is 0 Å². The first-order chi connectivity index (χ1) is 14.4. The summed E-state index contributed by atoms with van der Waals surface area (Å²) in [6.45, 7) is 0.00160. The van der Waals surface area contributed by atoms with Gasteiger partial charge in [-0.3, -0.25) is 9.78 Å². The number of ketones is 1. The normalized spacial score (nSPS) is 19.1. The second-order valence-corrected chi connectivity index (χ2v) is 8.98. The van der Waals surface area contributed by atoms with E-state index in [0.717, 1.165) is 0 Å². The fraction of sp³-hybridized carbons (Fsp3) is 0.130. The summed E-state index contributed by atoms with van der Waals surface area (Å²) in [6, 6.07) is 19.8. The minimum Gasteiger partial charge on any atom is -0.508 e. The molecule has 1 aromatic heterocycles. The molecule has 6 nitrogen and oxygen atoms in total. The molecule has 1 aliphatic rings. The number of carbonyl (C=O) groups is 1. The molecule has 152 valence electrons. The molecule has 7 heteroatoms. The second kappa shape index (κ2) is 8.22. The predicted octanol–water partition coefficient (Wildman–Crippen LogP) is 3.23. The Morgan fingerprint density at radius 2 is 1.67 bits per heavy atom. The van der Waals surface area contributed by atoms with Crippen LogP contribution in [-0.2, 0) is 14.8 Å². The Labute approximate surface area is 175 Å². The number of Topliss-reactive ketones (excluding diaryl/α,β-unsaturated/α-hetero) is 1. The smallest absolute Gasteiger partial charge is 0.243 e. The van der Waals surface area contributed by atoms with Crippen LogP contribution in [-0.4, -0.2) is 41.7 Å². The van der Waals surface area contributed by atoms with E-state index in [-0.39, 0.29) is 29.5 Å². The number of piperidine rings is 1. The van der Waals surface area contributed by atoms with Crippen LogP contribution in [0.1, 0.15) is 17.2 Å². The highest BCUT2D eigenvalue weighted by atomic mass is 32.2. The molecule has 0 aliphatic carbocycles. The summed E-state index contributed by atoms with van der Waals surface area (Å²) in [4.78, 5) is 17.7. The van der Waals surface area contributed by atoms with Gasteiger partial charge in [0.2, 0.25) is 10.0 Å². The molecule has 4 rings (SSSR count). The summed E-state index contributed by atoms with van der Waals surface area (Å²) in [5.74, 6) is -0.737. The second-order valence-electron chi connectivity index (χ2n) is 7.04.